The SMILES string of the molecule is Clc1ccccc1-c1nc(-c2ccccn2)c2ccccn12. The molecule has 0 unspecified atom stereocenters. The average Bonchev–Trinajstić information content (AvgIpc) is 2.96. The van der Waals surface area contributed by atoms with Gasteiger partial charge in [0.1, 0.15) is 11.5 Å². The molecular weight excluding hydrogens is 294 g/mol. The van der Waals surface area contributed by atoms with Gasteiger partial charge >= 0.3 is 0 Å². The Kier molecular flexibility index (Phi) is 3.13. The zero-order chi connectivity index (χ0) is 14.9. The van der Waals surface area contributed by atoms with Crippen LogP contribution in [0.3, 0.4) is 0 Å². The van der Waals surface area contributed by atoms with Crippen LogP contribution in [0.5, 0.6) is 0 Å². The fraction of sp³-hybridized carbons (Fsp3) is 0. The van der Waals surface area contributed by atoms with Crippen LogP contribution in [0.15, 0.2) is 73.1 Å². The Morgan fingerprint density at radius 1 is 0.864 bits per heavy atom. The third kappa shape index (κ3) is 2.07. The second kappa shape index (κ2) is 5.28. The maximum atomic E-state index is 6.35. The lowest BCUT2D eigenvalue weighted by atomic mass is 10.2. The van der Waals surface area contributed by atoms with E-state index in [-0.39, 0.29) is 0 Å². The molecule has 0 aliphatic rings. The van der Waals surface area contributed by atoms with E-state index in [0.29, 0.717) is 5.02 Å². The second-order valence-electron chi connectivity index (χ2n) is 4.93. The van der Waals surface area contributed by atoms with Crippen LogP contribution >= 0.6 is 11.6 Å². The number of rotatable bonds is 2. The van der Waals surface area contributed by atoms with Gasteiger partial charge in [0.25, 0.3) is 0 Å². The molecule has 4 aromatic rings. The first-order chi connectivity index (χ1) is 10.8. The minimum absolute atomic E-state index is 0.686. The Balaban J connectivity index is 2.04. The molecule has 0 N–H and O–H groups in total. The van der Waals surface area contributed by atoms with Crippen molar-refractivity contribution in [2.75, 3.05) is 0 Å². The number of nitrogens with zero attached hydrogens (tertiary/aromatic N) is 3. The summed E-state index contributed by atoms with van der Waals surface area (Å²) in [6, 6.07) is 19.6. The average molecular weight is 306 g/mol. The van der Waals surface area contributed by atoms with E-state index in [2.05, 4.69) is 4.98 Å². The first-order valence-corrected chi connectivity index (χ1v) is 7.36. The first-order valence-electron chi connectivity index (χ1n) is 6.98. The Bertz CT molecular complexity index is 945. The Hall–Kier alpha value is -2.65. The molecule has 0 fully saturated rings. The number of imidazole rings is 1. The van der Waals surface area contributed by atoms with Gasteiger partial charge in [-0.05, 0) is 36.4 Å². The molecule has 106 valence electrons. The van der Waals surface area contributed by atoms with Crippen LogP contribution in [0.25, 0.3) is 28.3 Å². The normalized spacial score (nSPS) is 11.0. The molecule has 0 saturated carbocycles. The lowest BCUT2D eigenvalue weighted by Crippen LogP contribution is -1.88. The van der Waals surface area contributed by atoms with Crippen molar-refractivity contribution in [1.82, 2.24) is 14.4 Å². The van der Waals surface area contributed by atoms with Crippen LogP contribution in [0.2, 0.25) is 5.02 Å². The van der Waals surface area contributed by atoms with Crippen molar-refractivity contribution in [2.45, 2.75) is 0 Å². The van der Waals surface area contributed by atoms with Gasteiger partial charge in [0.05, 0.1) is 16.2 Å². The molecule has 0 aliphatic heterocycles. The summed E-state index contributed by atoms with van der Waals surface area (Å²) < 4.78 is 2.05. The lowest BCUT2D eigenvalue weighted by Gasteiger charge is -2.02. The van der Waals surface area contributed by atoms with Crippen LogP contribution in [0.1, 0.15) is 0 Å². The molecule has 1 aromatic carbocycles. The molecule has 22 heavy (non-hydrogen) atoms. The quantitative estimate of drug-likeness (QED) is 0.536. The maximum Gasteiger partial charge on any atom is 0.146 e. The minimum Gasteiger partial charge on any atom is -0.299 e. The van der Waals surface area contributed by atoms with Crippen LogP contribution in [-0.2, 0) is 0 Å². The summed E-state index contributed by atoms with van der Waals surface area (Å²) >= 11 is 6.35. The van der Waals surface area contributed by atoms with Gasteiger partial charge < -0.3 is 0 Å². The Morgan fingerprint density at radius 2 is 1.68 bits per heavy atom. The summed E-state index contributed by atoms with van der Waals surface area (Å²) in [6.45, 7) is 0. The molecule has 3 aromatic heterocycles. The highest BCUT2D eigenvalue weighted by Crippen LogP contribution is 2.31. The molecule has 0 saturated heterocycles. The van der Waals surface area contributed by atoms with Crippen molar-refractivity contribution in [3.8, 4) is 22.8 Å². The van der Waals surface area contributed by atoms with E-state index in [1.54, 1.807) is 6.20 Å². The highest BCUT2D eigenvalue weighted by molar-refractivity contribution is 6.33. The number of benzene rings is 1. The number of fused-ring (bicyclic) bond motifs is 1. The molecular formula is C18H12ClN3. The molecule has 0 spiro atoms. The Morgan fingerprint density at radius 3 is 2.50 bits per heavy atom. The van der Waals surface area contributed by atoms with E-state index >= 15 is 0 Å². The molecule has 0 bridgehead atoms. The smallest absolute Gasteiger partial charge is 0.146 e. The largest absolute Gasteiger partial charge is 0.299 e. The van der Waals surface area contributed by atoms with Crippen LogP contribution in [-0.4, -0.2) is 14.4 Å². The van der Waals surface area contributed by atoms with E-state index in [1.807, 2.05) is 71.3 Å². The molecule has 4 rings (SSSR count). The summed E-state index contributed by atoms with van der Waals surface area (Å²) in [5.74, 6) is 0.821. The van der Waals surface area contributed by atoms with E-state index < -0.39 is 0 Å². The summed E-state index contributed by atoms with van der Waals surface area (Å²) in [7, 11) is 0. The van der Waals surface area contributed by atoms with E-state index in [9.17, 15) is 0 Å². The molecule has 3 nitrogen and oxygen atoms in total. The second-order valence-corrected chi connectivity index (χ2v) is 5.34. The van der Waals surface area contributed by atoms with Gasteiger partial charge in [-0.25, -0.2) is 4.98 Å². The number of hydrogen-bond donors (Lipinski definition) is 0. The third-order valence-corrected chi connectivity index (χ3v) is 3.90. The van der Waals surface area contributed by atoms with Gasteiger partial charge in [0, 0.05) is 18.0 Å². The monoisotopic (exact) mass is 305 g/mol. The van der Waals surface area contributed by atoms with Crippen molar-refractivity contribution in [3.63, 3.8) is 0 Å². The van der Waals surface area contributed by atoms with E-state index in [1.165, 1.54) is 0 Å². The number of pyridine rings is 2. The van der Waals surface area contributed by atoms with Crippen molar-refractivity contribution in [2.24, 2.45) is 0 Å². The maximum absolute atomic E-state index is 6.35. The van der Waals surface area contributed by atoms with Gasteiger partial charge in [-0.3, -0.25) is 9.38 Å². The van der Waals surface area contributed by atoms with Crippen LogP contribution in [0.4, 0.5) is 0 Å². The third-order valence-electron chi connectivity index (χ3n) is 3.57. The highest BCUT2D eigenvalue weighted by atomic mass is 35.5. The fourth-order valence-corrected chi connectivity index (χ4v) is 2.78. The fourth-order valence-electron chi connectivity index (χ4n) is 2.56. The molecule has 0 aliphatic carbocycles. The summed E-state index contributed by atoms with van der Waals surface area (Å²) in [6.07, 6.45) is 3.77. The van der Waals surface area contributed by atoms with Crippen molar-refractivity contribution < 1.29 is 0 Å². The summed E-state index contributed by atoms with van der Waals surface area (Å²) in [5.41, 5.74) is 3.63. The van der Waals surface area contributed by atoms with Crippen molar-refractivity contribution in [3.05, 3.63) is 78.1 Å². The number of aromatic nitrogens is 3. The van der Waals surface area contributed by atoms with Crippen LogP contribution < -0.4 is 0 Å². The van der Waals surface area contributed by atoms with Gasteiger partial charge in [-0.1, -0.05) is 35.9 Å². The molecule has 3 heterocycles. The number of hydrogen-bond acceptors (Lipinski definition) is 2. The molecule has 0 atom stereocenters. The number of halogens is 1. The van der Waals surface area contributed by atoms with Gasteiger partial charge in [0.2, 0.25) is 0 Å². The summed E-state index contributed by atoms with van der Waals surface area (Å²) in [4.78, 5) is 9.23. The van der Waals surface area contributed by atoms with E-state index in [4.69, 9.17) is 16.6 Å². The van der Waals surface area contributed by atoms with Gasteiger partial charge in [-0.2, -0.15) is 0 Å². The summed E-state index contributed by atoms with van der Waals surface area (Å²) in [5, 5.41) is 0.686. The van der Waals surface area contributed by atoms with Crippen molar-refractivity contribution >= 4 is 17.1 Å². The predicted molar refractivity (Wildman–Crippen MR) is 88.9 cm³/mol. The van der Waals surface area contributed by atoms with Crippen molar-refractivity contribution in [1.29, 1.82) is 0 Å². The molecule has 4 heteroatoms. The topological polar surface area (TPSA) is 30.2 Å². The van der Waals surface area contributed by atoms with Gasteiger partial charge in [0.15, 0.2) is 0 Å². The van der Waals surface area contributed by atoms with E-state index in [0.717, 1.165) is 28.3 Å². The first kappa shape index (κ1) is 13.0. The van der Waals surface area contributed by atoms with Gasteiger partial charge in [-0.15, -0.1) is 0 Å². The zero-order valence-electron chi connectivity index (χ0n) is 11.6. The predicted octanol–water partition coefficient (Wildman–Crippen LogP) is 4.72. The van der Waals surface area contributed by atoms with Crippen LogP contribution in [0, 0.1) is 0 Å². The standard InChI is InChI=1S/C18H12ClN3/c19-14-8-2-1-7-13(14)18-21-17(15-9-3-5-11-20-15)16-10-4-6-12-22(16)18/h1-12H. The zero-order valence-corrected chi connectivity index (χ0v) is 12.4. The highest BCUT2D eigenvalue weighted by Gasteiger charge is 2.15. The molecule has 0 amide bonds. The Labute approximate surface area is 132 Å². The lowest BCUT2D eigenvalue weighted by molar-refractivity contribution is 1.16. The minimum atomic E-state index is 0.686. The molecule has 0 radical (unpaired) electrons.